The molecule has 0 radical (unpaired) electrons. The maximum atomic E-state index is 12.3. The number of aromatic nitrogens is 3. The number of nitrogens with one attached hydrogen (secondary N) is 1. The topological polar surface area (TPSA) is 85.8 Å². The van der Waals surface area contributed by atoms with Gasteiger partial charge in [-0.3, -0.25) is 9.36 Å². The van der Waals surface area contributed by atoms with Crippen LogP contribution in [0.1, 0.15) is 25.7 Å². The summed E-state index contributed by atoms with van der Waals surface area (Å²) in [5.74, 6) is 0.632. The normalized spacial score (nSPS) is 15.1. The summed E-state index contributed by atoms with van der Waals surface area (Å²) in [7, 11) is 0. The number of imidazole rings is 1. The third kappa shape index (κ3) is 3.67. The van der Waals surface area contributed by atoms with Crippen molar-refractivity contribution >= 4 is 47.4 Å². The van der Waals surface area contributed by atoms with Gasteiger partial charge in [-0.15, -0.1) is 24.8 Å². The Morgan fingerprint density at radius 2 is 1.81 bits per heavy atom. The molecule has 1 aromatic carbocycles. The summed E-state index contributed by atoms with van der Waals surface area (Å²) in [4.78, 5) is 21.2. The maximum Gasteiger partial charge on any atom is 0.244 e. The fraction of sp³-hybridized carbons (Fsp3) is 0.278. The largest absolute Gasteiger partial charge is 0.323 e. The summed E-state index contributed by atoms with van der Waals surface area (Å²) in [5, 5.41) is 2.88. The number of para-hydroxylation sites is 2. The van der Waals surface area contributed by atoms with Crippen LogP contribution in [0.15, 0.2) is 48.9 Å². The summed E-state index contributed by atoms with van der Waals surface area (Å²) in [6.07, 6.45) is 6.90. The molecule has 0 unspecified atom stereocenters. The van der Waals surface area contributed by atoms with Gasteiger partial charge in [0, 0.05) is 0 Å². The van der Waals surface area contributed by atoms with Crippen molar-refractivity contribution in [2.45, 2.75) is 31.2 Å². The van der Waals surface area contributed by atoms with Crippen LogP contribution >= 0.6 is 24.8 Å². The van der Waals surface area contributed by atoms with E-state index < -0.39 is 5.54 Å². The Hall–Kier alpha value is -2.15. The van der Waals surface area contributed by atoms with E-state index in [0.717, 1.165) is 42.5 Å². The van der Waals surface area contributed by atoms with Gasteiger partial charge in [-0.2, -0.15) is 0 Å². The molecule has 1 fully saturated rings. The first kappa shape index (κ1) is 20.2. The van der Waals surface area contributed by atoms with E-state index in [1.807, 2.05) is 41.0 Å². The van der Waals surface area contributed by atoms with Crippen LogP contribution < -0.4 is 11.1 Å². The van der Waals surface area contributed by atoms with E-state index in [0.29, 0.717) is 5.69 Å². The van der Waals surface area contributed by atoms with Gasteiger partial charge in [0.1, 0.15) is 12.1 Å². The van der Waals surface area contributed by atoms with Gasteiger partial charge in [0.05, 0.1) is 28.5 Å². The molecule has 0 saturated heterocycles. The van der Waals surface area contributed by atoms with E-state index in [4.69, 9.17) is 5.73 Å². The SMILES string of the molecule is Cl.Cl.NC1(C(=O)Nc2ccc(-n3cnc4ccccc43)nc2)CCCC1. The average molecular weight is 394 g/mol. The molecule has 0 atom stereocenters. The van der Waals surface area contributed by atoms with Gasteiger partial charge >= 0.3 is 0 Å². The Balaban J connectivity index is 0.00000121. The number of nitrogens with zero attached hydrogens (tertiary/aromatic N) is 3. The number of anilines is 1. The van der Waals surface area contributed by atoms with Gasteiger partial charge in [-0.1, -0.05) is 25.0 Å². The minimum absolute atomic E-state index is 0. The number of pyridine rings is 1. The van der Waals surface area contributed by atoms with Gasteiger partial charge < -0.3 is 11.1 Å². The second kappa shape index (κ2) is 8.03. The molecule has 0 spiro atoms. The molecule has 1 aliphatic rings. The smallest absolute Gasteiger partial charge is 0.244 e. The van der Waals surface area contributed by atoms with Crippen molar-refractivity contribution in [1.29, 1.82) is 0 Å². The predicted molar refractivity (Wildman–Crippen MR) is 107 cm³/mol. The number of carbonyl (C=O) groups is 1. The lowest BCUT2D eigenvalue weighted by Crippen LogP contribution is -2.48. The predicted octanol–water partition coefficient (Wildman–Crippen LogP) is 3.47. The maximum absolute atomic E-state index is 12.3. The van der Waals surface area contributed by atoms with Gasteiger partial charge in [0.15, 0.2) is 0 Å². The minimum atomic E-state index is -0.737. The van der Waals surface area contributed by atoms with Crippen molar-refractivity contribution in [2.75, 3.05) is 5.32 Å². The molecule has 2 heterocycles. The van der Waals surface area contributed by atoms with Crippen molar-refractivity contribution in [2.24, 2.45) is 5.73 Å². The Morgan fingerprint density at radius 1 is 1.08 bits per heavy atom. The first-order chi connectivity index (χ1) is 11.7. The van der Waals surface area contributed by atoms with Crippen molar-refractivity contribution in [3.05, 3.63) is 48.9 Å². The van der Waals surface area contributed by atoms with E-state index in [9.17, 15) is 4.79 Å². The van der Waals surface area contributed by atoms with Crippen molar-refractivity contribution in [3.8, 4) is 5.82 Å². The average Bonchev–Trinajstić information content (AvgIpc) is 3.23. The summed E-state index contributed by atoms with van der Waals surface area (Å²) in [5.41, 5.74) is 8.01. The number of halogens is 2. The first-order valence-electron chi connectivity index (χ1n) is 8.15. The molecule has 3 N–H and O–H groups in total. The first-order valence-corrected chi connectivity index (χ1v) is 8.15. The van der Waals surface area contributed by atoms with E-state index in [1.54, 1.807) is 12.5 Å². The Bertz CT molecular complexity index is 888. The third-order valence-corrected chi connectivity index (χ3v) is 4.65. The molecule has 1 aliphatic carbocycles. The third-order valence-electron chi connectivity index (χ3n) is 4.65. The molecule has 0 bridgehead atoms. The second-order valence-electron chi connectivity index (χ2n) is 6.33. The number of hydrogen-bond donors (Lipinski definition) is 2. The van der Waals surface area contributed by atoms with Crippen LogP contribution in [-0.2, 0) is 4.79 Å². The van der Waals surface area contributed by atoms with Crippen molar-refractivity contribution in [3.63, 3.8) is 0 Å². The zero-order valence-electron chi connectivity index (χ0n) is 14.1. The molecule has 3 aromatic rings. The Morgan fingerprint density at radius 3 is 2.50 bits per heavy atom. The van der Waals surface area contributed by atoms with Crippen LogP contribution in [0.2, 0.25) is 0 Å². The molecular weight excluding hydrogens is 373 g/mol. The van der Waals surface area contributed by atoms with Crippen molar-refractivity contribution < 1.29 is 4.79 Å². The van der Waals surface area contributed by atoms with Crippen LogP contribution in [0, 0.1) is 0 Å². The van der Waals surface area contributed by atoms with E-state index in [2.05, 4.69) is 15.3 Å². The minimum Gasteiger partial charge on any atom is -0.323 e. The molecule has 138 valence electrons. The summed E-state index contributed by atoms with van der Waals surface area (Å²) >= 11 is 0. The highest BCUT2D eigenvalue weighted by molar-refractivity contribution is 5.98. The lowest BCUT2D eigenvalue weighted by Gasteiger charge is -2.22. The molecule has 26 heavy (non-hydrogen) atoms. The van der Waals surface area contributed by atoms with Crippen molar-refractivity contribution in [1.82, 2.24) is 14.5 Å². The lowest BCUT2D eigenvalue weighted by molar-refractivity contribution is -0.121. The standard InChI is InChI=1S/C18H19N5O.2ClH/c19-18(9-3-4-10-18)17(24)22-13-7-8-16(20-11-13)23-12-21-14-5-1-2-6-15(14)23;;/h1-2,5-8,11-12H,3-4,9-10,19H2,(H,22,24);2*1H. The monoisotopic (exact) mass is 393 g/mol. The summed E-state index contributed by atoms with van der Waals surface area (Å²) in [6.45, 7) is 0. The number of carbonyl (C=O) groups excluding carboxylic acids is 1. The zero-order valence-corrected chi connectivity index (χ0v) is 15.7. The second-order valence-corrected chi connectivity index (χ2v) is 6.33. The highest BCUT2D eigenvalue weighted by atomic mass is 35.5. The highest BCUT2D eigenvalue weighted by Crippen LogP contribution is 2.28. The van der Waals surface area contributed by atoms with E-state index in [-0.39, 0.29) is 30.7 Å². The van der Waals surface area contributed by atoms with Gasteiger partial charge in [0.25, 0.3) is 0 Å². The Labute approximate surface area is 164 Å². The van der Waals surface area contributed by atoms with Crippen LogP contribution in [-0.4, -0.2) is 26.0 Å². The lowest BCUT2D eigenvalue weighted by atomic mass is 9.98. The number of hydrogen-bond acceptors (Lipinski definition) is 4. The van der Waals surface area contributed by atoms with Gasteiger partial charge in [0.2, 0.25) is 5.91 Å². The summed E-state index contributed by atoms with van der Waals surface area (Å²) < 4.78 is 1.92. The van der Waals surface area contributed by atoms with E-state index >= 15 is 0 Å². The molecule has 0 aliphatic heterocycles. The zero-order chi connectivity index (χ0) is 16.6. The molecular formula is C18H21Cl2N5O. The van der Waals surface area contributed by atoms with Crippen LogP contribution in [0.3, 0.4) is 0 Å². The Kier molecular flexibility index (Phi) is 6.23. The molecule has 8 heteroatoms. The fourth-order valence-electron chi connectivity index (χ4n) is 3.23. The fourth-order valence-corrected chi connectivity index (χ4v) is 3.23. The van der Waals surface area contributed by atoms with Gasteiger partial charge in [-0.25, -0.2) is 9.97 Å². The molecule has 2 aromatic heterocycles. The molecule has 1 amide bonds. The number of rotatable bonds is 3. The van der Waals surface area contributed by atoms with E-state index in [1.165, 1.54) is 0 Å². The highest BCUT2D eigenvalue weighted by Gasteiger charge is 2.36. The number of fused-ring (bicyclic) bond motifs is 1. The van der Waals surface area contributed by atoms with Crippen LogP contribution in [0.4, 0.5) is 5.69 Å². The van der Waals surface area contributed by atoms with Crippen LogP contribution in [0.25, 0.3) is 16.9 Å². The number of amides is 1. The molecule has 4 rings (SSSR count). The van der Waals surface area contributed by atoms with Crippen LogP contribution in [0.5, 0.6) is 0 Å². The molecule has 1 saturated carbocycles. The summed E-state index contributed by atoms with van der Waals surface area (Å²) in [6, 6.07) is 11.6. The quantitative estimate of drug-likeness (QED) is 0.712. The number of nitrogens with two attached hydrogens (primary N) is 1. The van der Waals surface area contributed by atoms with Gasteiger partial charge in [-0.05, 0) is 37.1 Å². The number of benzene rings is 1. The molecule has 6 nitrogen and oxygen atoms in total.